The van der Waals surface area contributed by atoms with Crippen LogP contribution in [-0.4, -0.2) is 30.3 Å². The molecular weight excluding hydrogens is 230 g/mol. The molecule has 1 aromatic carbocycles. The van der Waals surface area contributed by atoms with Gasteiger partial charge in [0.25, 0.3) is 0 Å². The molecule has 0 heterocycles. The number of Topliss-reactive ketones (excluding diaryl/α,β-unsaturated/α-hetero) is 1. The van der Waals surface area contributed by atoms with Crippen LogP contribution in [0.1, 0.15) is 19.4 Å². The zero-order chi connectivity index (χ0) is 13.5. The molecule has 1 amide bonds. The summed E-state index contributed by atoms with van der Waals surface area (Å²) in [5, 5.41) is 4.48. The molecule has 0 atom stereocenters. The number of benzene rings is 1. The second-order valence-electron chi connectivity index (χ2n) is 4.17. The van der Waals surface area contributed by atoms with Crippen LogP contribution in [0.4, 0.5) is 5.69 Å². The number of rotatable bonds is 6. The molecule has 5 nitrogen and oxygen atoms in total. The van der Waals surface area contributed by atoms with Crippen molar-refractivity contribution >= 4 is 17.4 Å². The van der Waals surface area contributed by atoms with Gasteiger partial charge in [0, 0.05) is 26.2 Å². The van der Waals surface area contributed by atoms with Gasteiger partial charge in [-0.25, -0.2) is 5.43 Å². The number of anilines is 1. The molecule has 0 aliphatic heterocycles. The maximum absolute atomic E-state index is 11.0. The Kier molecular flexibility index (Phi) is 5.32. The number of carbonyl (C=O) groups is 2. The standard InChI is InChI=1S/C13H19N3O2/c1-10(17)8-14-13-6-4-5-12(7-13)9-15-16(3)11(2)18/h4-7,14-15H,8-9H2,1-3H3. The molecule has 0 fully saturated rings. The highest BCUT2D eigenvalue weighted by molar-refractivity contribution is 5.80. The van der Waals surface area contributed by atoms with Crippen LogP contribution in [0.25, 0.3) is 0 Å². The quantitative estimate of drug-likeness (QED) is 0.743. The number of carbonyl (C=O) groups excluding carboxylic acids is 2. The highest BCUT2D eigenvalue weighted by atomic mass is 16.2. The van der Waals surface area contributed by atoms with E-state index in [1.54, 1.807) is 14.0 Å². The molecule has 0 saturated carbocycles. The van der Waals surface area contributed by atoms with E-state index in [4.69, 9.17) is 0 Å². The Morgan fingerprint density at radius 2 is 2.00 bits per heavy atom. The molecule has 0 radical (unpaired) electrons. The Labute approximate surface area is 107 Å². The monoisotopic (exact) mass is 249 g/mol. The molecule has 0 aliphatic carbocycles. The molecule has 2 N–H and O–H groups in total. The normalized spacial score (nSPS) is 9.94. The summed E-state index contributed by atoms with van der Waals surface area (Å²) >= 11 is 0. The summed E-state index contributed by atoms with van der Waals surface area (Å²) in [5.41, 5.74) is 4.92. The molecule has 5 heteroatoms. The summed E-state index contributed by atoms with van der Waals surface area (Å²) in [6.45, 7) is 3.92. The van der Waals surface area contributed by atoms with Gasteiger partial charge in [0.05, 0.1) is 6.54 Å². The van der Waals surface area contributed by atoms with E-state index in [0.29, 0.717) is 13.1 Å². The van der Waals surface area contributed by atoms with Gasteiger partial charge < -0.3 is 5.32 Å². The zero-order valence-corrected chi connectivity index (χ0v) is 11.0. The minimum absolute atomic E-state index is 0.0409. The predicted molar refractivity (Wildman–Crippen MR) is 70.9 cm³/mol. The second-order valence-corrected chi connectivity index (χ2v) is 4.17. The molecule has 0 bridgehead atoms. The van der Waals surface area contributed by atoms with Crippen LogP contribution in [0, 0.1) is 0 Å². The number of nitrogens with zero attached hydrogens (tertiary/aromatic N) is 1. The van der Waals surface area contributed by atoms with Crippen molar-refractivity contribution in [3.05, 3.63) is 29.8 Å². The fourth-order valence-corrected chi connectivity index (χ4v) is 1.34. The number of hydrogen-bond donors (Lipinski definition) is 2. The Hall–Kier alpha value is -1.88. The Morgan fingerprint density at radius 3 is 2.61 bits per heavy atom. The lowest BCUT2D eigenvalue weighted by atomic mass is 10.2. The van der Waals surface area contributed by atoms with Crippen LogP contribution >= 0.6 is 0 Å². The molecule has 0 aliphatic rings. The summed E-state index contributed by atoms with van der Waals surface area (Å²) < 4.78 is 0. The fraction of sp³-hybridized carbons (Fsp3) is 0.385. The molecule has 0 aromatic heterocycles. The van der Waals surface area contributed by atoms with Crippen molar-refractivity contribution in [1.82, 2.24) is 10.4 Å². The SMILES string of the molecule is CC(=O)CNc1cccc(CNN(C)C(C)=O)c1. The fourth-order valence-electron chi connectivity index (χ4n) is 1.34. The van der Waals surface area contributed by atoms with Gasteiger partial charge in [0.2, 0.25) is 5.91 Å². The van der Waals surface area contributed by atoms with E-state index in [1.165, 1.54) is 11.9 Å². The lowest BCUT2D eigenvalue weighted by Gasteiger charge is -2.16. The Balaban J connectivity index is 2.54. The third-order valence-corrected chi connectivity index (χ3v) is 2.46. The lowest BCUT2D eigenvalue weighted by Crippen LogP contribution is -2.37. The van der Waals surface area contributed by atoms with Crippen molar-refractivity contribution in [1.29, 1.82) is 0 Å². The van der Waals surface area contributed by atoms with Gasteiger partial charge in [0.15, 0.2) is 0 Å². The van der Waals surface area contributed by atoms with Gasteiger partial charge in [-0.15, -0.1) is 0 Å². The van der Waals surface area contributed by atoms with Gasteiger partial charge in [0.1, 0.15) is 5.78 Å². The van der Waals surface area contributed by atoms with Crippen molar-refractivity contribution in [2.75, 3.05) is 18.9 Å². The number of amides is 1. The lowest BCUT2D eigenvalue weighted by molar-refractivity contribution is -0.130. The van der Waals surface area contributed by atoms with E-state index >= 15 is 0 Å². The summed E-state index contributed by atoms with van der Waals surface area (Å²) in [6, 6.07) is 7.72. The van der Waals surface area contributed by atoms with Crippen LogP contribution in [0.5, 0.6) is 0 Å². The molecule has 98 valence electrons. The third kappa shape index (κ3) is 4.97. The van der Waals surface area contributed by atoms with Gasteiger partial charge >= 0.3 is 0 Å². The number of hydrazine groups is 1. The molecule has 1 aromatic rings. The minimum Gasteiger partial charge on any atom is -0.378 e. The van der Waals surface area contributed by atoms with Crippen molar-refractivity contribution in [2.24, 2.45) is 0 Å². The summed E-state index contributed by atoms with van der Waals surface area (Å²) in [7, 11) is 1.68. The van der Waals surface area contributed by atoms with Crippen LogP contribution in [0.15, 0.2) is 24.3 Å². The van der Waals surface area contributed by atoms with Crippen LogP contribution in [-0.2, 0) is 16.1 Å². The first-order chi connectivity index (χ1) is 8.49. The van der Waals surface area contributed by atoms with E-state index in [9.17, 15) is 9.59 Å². The third-order valence-electron chi connectivity index (χ3n) is 2.46. The Morgan fingerprint density at radius 1 is 1.28 bits per heavy atom. The highest BCUT2D eigenvalue weighted by Gasteiger charge is 2.02. The molecule has 0 spiro atoms. The van der Waals surface area contributed by atoms with E-state index in [1.807, 2.05) is 24.3 Å². The average Bonchev–Trinajstić information content (AvgIpc) is 2.33. The van der Waals surface area contributed by atoms with Crippen LogP contribution < -0.4 is 10.7 Å². The number of ketones is 1. The smallest absolute Gasteiger partial charge is 0.233 e. The van der Waals surface area contributed by atoms with Crippen LogP contribution in [0.3, 0.4) is 0 Å². The maximum atomic E-state index is 11.0. The zero-order valence-electron chi connectivity index (χ0n) is 11.0. The topological polar surface area (TPSA) is 61.4 Å². The maximum Gasteiger partial charge on any atom is 0.233 e. The van der Waals surface area contributed by atoms with E-state index < -0.39 is 0 Å². The average molecular weight is 249 g/mol. The summed E-state index contributed by atoms with van der Waals surface area (Å²) in [6.07, 6.45) is 0. The second kappa shape index (κ2) is 6.76. The van der Waals surface area contributed by atoms with Gasteiger partial charge in [-0.2, -0.15) is 0 Å². The van der Waals surface area contributed by atoms with Gasteiger partial charge in [-0.1, -0.05) is 12.1 Å². The molecular formula is C13H19N3O2. The van der Waals surface area contributed by atoms with E-state index in [2.05, 4.69) is 10.7 Å². The van der Waals surface area contributed by atoms with E-state index in [-0.39, 0.29) is 11.7 Å². The molecule has 0 unspecified atom stereocenters. The first-order valence-electron chi connectivity index (χ1n) is 5.79. The van der Waals surface area contributed by atoms with Gasteiger partial charge in [-0.05, 0) is 24.6 Å². The first kappa shape index (κ1) is 14.2. The highest BCUT2D eigenvalue weighted by Crippen LogP contribution is 2.10. The minimum atomic E-state index is -0.0409. The van der Waals surface area contributed by atoms with Gasteiger partial charge in [-0.3, -0.25) is 14.6 Å². The number of hydrogen-bond acceptors (Lipinski definition) is 4. The van der Waals surface area contributed by atoms with Crippen molar-refractivity contribution in [2.45, 2.75) is 20.4 Å². The van der Waals surface area contributed by atoms with Crippen molar-refractivity contribution in [3.63, 3.8) is 0 Å². The first-order valence-corrected chi connectivity index (χ1v) is 5.79. The molecule has 0 saturated heterocycles. The molecule has 1 rings (SSSR count). The van der Waals surface area contributed by atoms with Crippen LogP contribution in [0.2, 0.25) is 0 Å². The summed E-state index contributed by atoms with van der Waals surface area (Å²) in [4.78, 5) is 21.9. The Bertz CT molecular complexity index is 432. The van der Waals surface area contributed by atoms with Crippen molar-refractivity contribution < 1.29 is 9.59 Å². The predicted octanol–water partition coefficient (Wildman–Crippen LogP) is 1.17. The largest absolute Gasteiger partial charge is 0.378 e. The van der Waals surface area contributed by atoms with Crippen molar-refractivity contribution in [3.8, 4) is 0 Å². The van der Waals surface area contributed by atoms with E-state index in [0.717, 1.165) is 11.3 Å². The molecule has 18 heavy (non-hydrogen) atoms. The number of nitrogens with one attached hydrogen (secondary N) is 2. The summed E-state index contributed by atoms with van der Waals surface area (Å²) in [5.74, 6) is 0.0516.